The molecule has 1 aromatic carbocycles. The first-order chi connectivity index (χ1) is 11.9. The zero-order chi connectivity index (χ0) is 17.9. The van der Waals surface area contributed by atoms with E-state index in [-0.39, 0.29) is 12.1 Å². The molecule has 1 aromatic rings. The Hall–Kier alpha value is -1.80. The molecule has 0 radical (unpaired) electrons. The molecule has 0 unspecified atom stereocenters. The van der Waals surface area contributed by atoms with E-state index >= 15 is 0 Å². The maximum Gasteiger partial charge on any atom is 0.317 e. The van der Waals surface area contributed by atoms with Crippen molar-refractivity contribution in [2.75, 3.05) is 50.4 Å². The Morgan fingerprint density at radius 2 is 1.60 bits per heavy atom. The van der Waals surface area contributed by atoms with Crippen LogP contribution in [0.4, 0.5) is 10.5 Å². The quantitative estimate of drug-likeness (QED) is 0.864. The van der Waals surface area contributed by atoms with Gasteiger partial charge >= 0.3 is 6.03 Å². The molecule has 2 amide bonds. The molecule has 7 nitrogen and oxygen atoms in total. The maximum absolute atomic E-state index is 12.5. The molecule has 2 aliphatic rings. The minimum atomic E-state index is -3.13. The zero-order valence-electron chi connectivity index (χ0n) is 14.6. The first kappa shape index (κ1) is 18.0. The van der Waals surface area contributed by atoms with Crippen LogP contribution in [0.2, 0.25) is 0 Å². The van der Waals surface area contributed by atoms with E-state index in [1.807, 2.05) is 23.1 Å². The van der Waals surface area contributed by atoms with Gasteiger partial charge in [0.2, 0.25) is 10.0 Å². The molecule has 0 saturated carbocycles. The van der Waals surface area contributed by atoms with Crippen LogP contribution in [0.25, 0.3) is 0 Å². The second-order valence-corrected chi connectivity index (χ2v) is 8.68. The van der Waals surface area contributed by atoms with Crippen LogP contribution in [0.3, 0.4) is 0 Å². The molecule has 8 heteroatoms. The fraction of sp³-hybridized carbons (Fsp3) is 0.588. The molecule has 2 aliphatic heterocycles. The SMILES string of the molecule is CS(=O)(=O)N1CCC(NC(=O)N2CCN(c3ccccc3)CC2)CC1. The van der Waals surface area contributed by atoms with Crippen molar-refractivity contribution in [2.45, 2.75) is 18.9 Å². The first-order valence-corrected chi connectivity index (χ1v) is 10.6. The van der Waals surface area contributed by atoms with Gasteiger partial charge in [0.1, 0.15) is 0 Å². The number of piperazine rings is 1. The largest absolute Gasteiger partial charge is 0.368 e. The summed E-state index contributed by atoms with van der Waals surface area (Å²) in [5.74, 6) is 0. The highest BCUT2D eigenvalue weighted by Gasteiger charge is 2.28. The highest BCUT2D eigenvalue weighted by molar-refractivity contribution is 7.88. The van der Waals surface area contributed by atoms with Crippen LogP contribution in [-0.4, -0.2) is 75.2 Å². The summed E-state index contributed by atoms with van der Waals surface area (Å²) in [4.78, 5) is 16.6. The van der Waals surface area contributed by atoms with Crippen molar-refractivity contribution in [3.63, 3.8) is 0 Å². The molecule has 2 saturated heterocycles. The normalized spacial score (nSPS) is 20.5. The molecule has 1 N–H and O–H groups in total. The third-order valence-corrected chi connectivity index (χ3v) is 6.24. The number of carbonyl (C=O) groups excluding carboxylic acids is 1. The molecule has 2 heterocycles. The van der Waals surface area contributed by atoms with Gasteiger partial charge in [-0.25, -0.2) is 17.5 Å². The second kappa shape index (κ2) is 7.61. The van der Waals surface area contributed by atoms with Crippen LogP contribution in [0.5, 0.6) is 0 Å². The van der Waals surface area contributed by atoms with Crippen molar-refractivity contribution in [2.24, 2.45) is 0 Å². The van der Waals surface area contributed by atoms with Crippen LogP contribution in [0.1, 0.15) is 12.8 Å². The van der Waals surface area contributed by atoms with E-state index in [9.17, 15) is 13.2 Å². The number of carbonyl (C=O) groups is 1. The van der Waals surface area contributed by atoms with Crippen LogP contribution < -0.4 is 10.2 Å². The van der Waals surface area contributed by atoms with Crippen molar-refractivity contribution in [1.29, 1.82) is 0 Å². The number of amides is 2. The van der Waals surface area contributed by atoms with Crippen molar-refractivity contribution >= 4 is 21.7 Å². The van der Waals surface area contributed by atoms with Gasteiger partial charge in [-0.2, -0.15) is 0 Å². The van der Waals surface area contributed by atoms with Gasteiger partial charge in [-0.15, -0.1) is 0 Å². The van der Waals surface area contributed by atoms with E-state index in [2.05, 4.69) is 22.3 Å². The highest BCUT2D eigenvalue weighted by atomic mass is 32.2. The van der Waals surface area contributed by atoms with E-state index in [4.69, 9.17) is 0 Å². The number of sulfonamides is 1. The summed E-state index contributed by atoms with van der Waals surface area (Å²) in [6.07, 6.45) is 2.57. The average molecular weight is 366 g/mol. The van der Waals surface area contributed by atoms with Crippen LogP contribution in [-0.2, 0) is 10.0 Å². The molecule has 0 bridgehead atoms. The number of urea groups is 1. The summed E-state index contributed by atoms with van der Waals surface area (Å²) in [5.41, 5.74) is 1.19. The monoisotopic (exact) mass is 366 g/mol. The Balaban J connectivity index is 1.44. The van der Waals surface area contributed by atoms with E-state index in [0.717, 1.165) is 13.1 Å². The fourth-order valence-corrected chi connectivity index (χ4v) is 4.28. The topological polar surface area (TPSA) is 73.0 Å². The molecule has 2 fully saturated rings. The van der Waals surface area contributed by atoms with Crippen molar-refractivity contribution in [3.05, 3.63) is 30.3 Å². The van der Waals surface area contributed by atoms with Crippen LogP contribution in [0, 0.1) is 0 Å². The lowest BCUT2D eigenvalue weighted by molar-refractivity contribution is 0.184. The van der Waals surface area contributed by atoms with Crippen LogP contribution >= 0.6 is 0 Å². The second-order valence-electron chi connectivity index (χ2n) is 6.70. The Morgan fingerprint density at radius 1 is 1.00 bits per heavy atom. The lowest BCUT2D eigenvalue weighted by atomic mass is 10.1. The number of benzene rings is 1. The molecule has 0 aromatic heterocycles. The average Bonchev–Trinajstić information content (AvgIpc) is 2.62. The van der Waals surface area contributed by atoms with Crippen molar-refractivity contribution < 1.29 is 13.2 Å². The molecular formula is C17H26N4O3S. The molecule has 138 valence electrons. The molecule has 0 spiro atoms. The fourth-order valence-electron chi connectivity index (χ4n) is 3.40. The minimum Gasteiger partial charge on any atom is -0.368 e. The lowest BCUT2D eigenvalue weighted by Crippen LogP contribution is -2.55. The molecule has 0 atom stereocenters. The van der Waals surface area contributed by atoms with Gasteiger partial charge in [0.25, 0.3) is 0 Å². The number of nitrogens with one attached hydrogen (secondary N) is 1. The Labute approximate surface area is 149 Å². The summed E-state index contributed by atoms with van der Waals surface area (Å²) in [6, 6.07) is 10.2. The minimum absolute atomic E-state index is 0.0366. The smallest absolute Gasteiger partial charge is 0.317 e. The predicted octanol–water partition coefficient (Wildman–Crippen LogP) is 0.942. The van der Waals surface area contributed by atoms with Gasteiger partial charge in [-0.3, -0.25) is 0 Å². The van der Waals surface area contributed by atoms with Gasteiger partial charge in [0, 0.05) is 51.0 Å². The van der Waals surface area contributed by atoms with E-state index in [0.29, 0.717) is 39.0 Å². The zero-order valence-corrected chi connectivity index (χ0v) is 15.4. The van der Waals surface area contributed by atoms with Crippen LogP contribution in [0.15, 0.2) is 30.3 Å². The standard InChI is InChI=1S/C17H26N4O3S/c1-25(23,24)21-9-7-15(8-10-21)18-17(22)20-13-11-19(12-14-20)16-5-3-2-4-6-16/h2-6,15H,7-14H2,1H3,(H,18,22). The third kappa shape index (κ3) is 4.64. The number of para-hydroxylation sites is 1. The van der Waals surface area contributed by atoms with Gasteiger partial charge < -0.3 is 15.1 Å². The highest BCUT2D eigenvalue weighted by Crippen LogP contribution is 2.17. The van der Waals surface area contributed by atoms with Gasteiger partial charge in [0.15, 0.2) is 0 Å². The number of nitrogens with zero attached hydrogens (tertiary/aromatic N) is 3. The number of piperidine rings is 1. The number of anilines is 1. The summed E-state index contributed by atoms with van der Waals surface area (Å²) >= 11 is 0. The van der Waals surface area contributed by atoms with Crippen molar-refractivity contribution in [3.8, 4) is 0 Å². The number of rotatable bonds is 3. The summed E-state index contributed by atoms with van der Waals surface area (Å²) in [7, 11) is -3.13. The van der Waals surface area contributed by atoms with E-state index in [1.165, 1.54) is 16.2 Å². The summed E-state index contributed by atoms with van der Waals surface area (Å²) < 4.78 is 24.6. The van der Waals surface area contributed by atoms with Crippen molar-refractivity contribution in [1.82, 2.24) is 14.5 Å². The first-order valence-electron chi connectivity index (χ1n) is 8.74. The molecule has 3 rings (SSSR count). The Kier molecular flexibility index (Phi) is 5.48. The molecular weight excluding hydrogens is 340 g/mol. The van der Waals surface area contributed by atoms with Gasteiger partial charge in [0.05, 0.1) is 6.26 Å². The molecule has 25 heavy (non-hydrogen) atoms. The number of hydrogen-bond acceptors (Lipinski definition) is 4. The summed E-state index contributed by atoms with van der Waals surface area (Å²) in [6.45, 7) is 4.00. The van der Waals surface area contributed by atoms with Gasteiger partial charge in [-0.1, -0.05) is 18.2 Å². The van der Waals surface area contributed by atoms with E-state index in [1.54, 1.807) is 0 Å². The Bertz CT molecular complexity index is 679. The maximum atomic E-state index is 12.5. The summed E-state index contributed by atoms with van der Waals surface area (Å²) in [5, 5.41) is 3.06. The molecule has 0 aliphatic carbocycles. The van der Waals surface area contributed by atoms with Gasteiger partial charge in [-0.05, 0) is 25.0 Å². The predicted molar refractivity (Wildman–Crippen MR) is 98.2 cm³/mol. The lowest BCUT2D eigenvalue weighted by Gasteiger charge is -2.37. The Morgan fingerprint density at radius 3 is 2.16 bits per heavy atom. The number of hydrogen-bond donors (Lipinski definition) is 1. The van der Waals surface area contributed by atoms with E-state index < -0.39 is 10.0 Å². The third-order valence-electron chi connectivity index (χ3n) is 4.94.